The number of hydrogen-bond donors (Lipinski definition) is 2. The topological polar surface area (TPSA) is 81.1 Å². The summed E-state index contributed by atoms with van der Waals surface area (Å²) >= 11 is 0. The first-order valence-corrected chi connectivity index (χ1v) is 10.2. The maximum Gasteiger partial charge on any atom is 0.258 e. The molecule has 6 nitrogen and oxygen atoms in total. The van der Waals surface area contributed by atoms with Gasteiger partial charge in [-0.05, 0) is 63.5 Å². The minimum absolute atomic E-state index is 0.00686. The van der Waals surface area contributed by atoms with E-state index in [0.717, 1.165) is 37.8 Å². The number of carbonyl (C=O) groups is 2. The maximum absolute atomic E-state index is 13.6. The first-order chi connectivity index (χ1) is 13.4. The van der Waals surface area contributed by atoms with Crippen LogP contribution in [-0.2, 0) is 4.79 Å². The molecule has 28 heavy (non-hydrogen) atoms. The van der Waals surface area contributed by atoms with Crippen molar-refractivity contribution in [2.75, 3.05) is 13.1 Å². The summed E-state index contributed by atoms with van der Waals surface area (Å²) in [5.74, 6) is -1.42. The second-order valence-corrected chi connectivity index (χ2v) is 8.32. The Morgan fingerprint density at radius 3 is 2.46 bits per heavy atom. The molecule has 2 saturated heterocycles. The van der Waals surface area contributed by atoms with Gasteiger partial charge in [-0.25, -0.2) is 4.39 Å². The molecule has 4 rings (SSSR count). The smallest absolute Gasteiger partial charge is 0.258 e. The van der Waals surface area contributed by atoms with Gasteiger partial charge in [0.1, 0.15) is 17.1 Å². The molecule has 1 aliphatic carbocycles. The lowest BCUT2D eigenvalue weighted by Gasteiger charge is -2.48. The van der Waals surface area contributed by atoms with Crippen LogP contribution < -0.4 is 0 Å². The number of carbonyl (C=O) groups excluding carboxylic acids is 2. The molecular formula is C21H27FN2O4. The van der Waals surface area contributed by atoms with Gasteiger partial charge >= 0.3 is 0 Å². The van der Waals surface area contributed by atoms with Crippen LogP contribution in [0.5, 0.6) is 5.75 Å². The summed E-state index contributed by atoms with van der Waals surface area (Å²) in [5, 5.41) is 19.8. The Hall–Kier alpha value is -2.15. The van der Waals surface area contributed by atoms with Crippen LogP contribution in [0.3, 0.4) is 0 Å². The lowest BCUT2D eigenvalue weighted by molar-refractivity contribution is -0.149. The van der Waals surface area contributed by atoms with Gasteiger partial charge in [0.25, 0.3) is 5.91 Å². The Morgan fingerprint density at radius 2 is 1.79 bits per heavy atom. The number of phenols is 1. The van der Waals surface area contributed by atoms with E-state index in [1.807, 2.05) is 4.90 Å². The quantitative estimate of drug-likeness (QED) is 0.813. The van der Waals surface area contributed by atoms with Crippen LogP contribution in [0.15, 0.2) is 18.2 Å². The number of likely N-dealkylation sites (tertiary alicyclic amines) is 2. The van der Waals surface area contributed by atoms with Crippen molar-refractivity contribution in [2.24, 2.45) is 0 Å². The molecule has 1 unspecified atom stereocenters. The molecule has 2 N–H and O–H groups in total. The van der Waals surface area contributed by atoms with Crippen LogP contribution in [0.25, 0.3) is 0 Å². The molecule has 2 aliphatic heterocycles. The SMILES string of the molecule is O=C(c1ccc(F)cc1O)N1CCCC12CCCN(C1CCC(O)CC1)C2=O. The van der Waals surface area contributed by atoms with Crippen molar-refractivity contribution in [3.63, 3.8) is 0 Å². The number of aromatic hydroxyl groups is 1. The number of halogens is 1. The van der Waals surface area contributed by atoms with Gasteiger partial charge in [0, 0.05) is 25.2 Å². The molecule has 3 aliphatic rings. The molecule has 1 aromatic rings. The van der Waals surface area contributed by atoms with Crippen LogP contribution in [0.1, 0.15) is 61.7 Å². The number of piperidine rings is 1. The fourth-order valence-corrected chi connectivity index (χ4v) is 5.22. The minimum atomic E-state index is -0.869. The molecular weight excluding hydrogens is 363 g/mol. The molecule has 7 heteroatoms. The van der Waals surface area contributed by atoms with Gasteiger partial charge in [0.05, 0.1) is 11.7 Å². The number of aliphatic hydroxyl groups is 1. The lowest BCUT2D eigenvalue weighted by Crippen LogP contribution is -2.63. The van der Waals surface area contributed by atoms with Gasteiger partial charge in [-0.1, -0.05) is 0 Å². The van der Waals surface area contributed by atoms with Crippen LogP contribution in [0.2, 0.25) is 0 Å². The third kappa shape index (κ3) is 3.15. The molecule has 1 atom stereocenters. The predicted molar refractivity (Wildman–Crippen MR) is 100 cm³/mol. The Balaban J connectivity index is 1.60. The minimum Gasteiger partial charge on any atom is -0.507 e. The first-order valence-electron chi connectivity index (χ1n) is 10.2. The Bertz CT molecular complexity index is 778. The van der Waals surface area contributed by atoms with Crippen LogP contribution in [-0.4, -0.2) is 62.6 Å². The van der Waals surface area contributed by atoms with E-state index in [1.54, 1.807) is 4.90 Å². The zero-order valence-corrected chi connectivity index (χ0v) is 15.9. The summed E-state index contributed by atoms with van der Waals surface area (Å²) in [6.45, 7) is 1.14. The number of phenolic OH excluding ortho intramolecular Hbond substituents is 1. The molecule has 1 spiro atoms. The monoisotopic (exact) mass is 390 g/mol. The zero-order valence-electron chi connectivity index (χ0n) is 15.9. The van der Waals surface area contributed by atoms with Crippen molar-refractivity contribution in [1.29, 1.82) is 0 Å². The summed E-state index contributed by atoms with van der Waals surface area (Å²) in [6, 6.07) is 3.48. The third-order valence-electron chi connectivity index (χ3n) is 6.68. The summed E-state index contributed by atoms with van der Waals surface area (Å²) in [4.78, 5) is 30.3. The highest BCUT2D eigenvalue weighted by Crippen LogP contribution is 2.41. The van der Waals surface area contributed by atoms with Crippen LogP contribution in [0.4, 0.5) is 4.39 Å². The fourth-order valence-electron chi connectivity index (χ4n) is 5.22. The molecule has 2 heterocycles. The average molecular weight is 390 g/mol. The Labute approximate surface area is 163 Å². The van der Waals surface area contributed by atoms with E-state index < -0.39 is 23.0 Å². The summed E-state index contributed by atoms with van der Waals surface area (Å²) in [7, 11) is 0. The van der Waals surface area contributed by atoms with Crippen molar-refractivity contribution < 1.29 is 24.2 Å². The summed E-state index contributed by atoms with van der Waals surface area (Å²) in [5.41, 5.74) is -0.833. The van der Waals surface area contributed by atoms with Gasteiger partial charge in [0.15, 0.2) is 0 Å². The highest BCUT2D eigenvalue weighted by molar-refractivity contribution is 6.01. The number of nitrogens with zero attached hydrogens (tertiary/aromatic N) is 2. The largest absolute Gasteiger partial charge is 0.507 e. The number of aliphatic hydroxyl groups excluding tert-OH is 1. The van der Waals surface area contributed by atoms with Crippen molar-refractivity contribution in [3.8, 4) is 5.75 Å². The van der Waals surface area contributed by atoms with Crippen molar-refractivity contribution in [3.05, 3.63) is 29.6 Å². The van der Waals surface area contributed by atoms with E-state index in [9.17, 15) is 24.2 Å². The summed E-state index contributed by atoms with van der Waals surface area (Å²) < 4.78 is 13.3. The standard InChI is InChI=1S/C21H27FN2O4/c22-14-3-8-17(18(26)13-14)19(27)24-12-2-10-21(24)9-1-11-23(20(21)28)15-4-6-16(25)7-5-15/h3,8,13,15-16,25-26H,1-2,4-7,9-12H2. The molecule has 0 bridgehead atoms. The second kappa shape index (κ2) is 7.35. The summed E-state index contributed by atoms with van der Waals surface area (Å²) in [6.07, 6.45) is 5.49. The fraction of sp³-hybridized carbons (Fsp3) is 0.619. The van der Waals surface area contributed by atoms with E-state index in [-0.39, 0.29) is 23.6 Å². The lowest BCUT2D eigenvalue weighted by atomic mass is 9.82. The normalized spacial score (nSPS) is 30.9. The van der Waals surface area contributed by atoms with Gasteiger partial charge in [-0.2, -0.15) is 0 Å². The zero-order chi connectivity index (χ0) is 19.9. The van der Waals surface area contributed by atoms with Crippen LogP contribution >= 0.6 is 0 Å². The second-order valence-electron chi connectivity index (χ2n) is 8.32. The van der Waals surface area contributed by atoms with Gasteiger partial charge in [-0.15, -0.1) is 0 Å². The van der Waals surface area contributed by atoms with E-state index in [2.05, 4.69) is 0 Å². The highest BCUT2D eigenvalue weighted by atomic mass is 19.1. The highest BCUT2D eigenvalue weighted by Gasteiger charge is 2.54. The van der Waals surface area contributed by atoms with E-state index >= 15 is 0 Å². The molecule has 3 fully saturated rings. The average Bonchev–Trinajstić information content (AvgIpc) is 3.09. The van der Waals surface area contributed by atoms with E-state index in [1.165, 1.54) is 6.07 Å². The molecule has 152 valence electrons. The number of rotatable bonds is 2. The predicted octanol–water partition coefficient (Wildman–Crippen LogP) is 2.43. The molecule has 1 aromatic carbocycles. The van der Waals surface area contributed by atoms with E-state index in [4.69, 9.17) is 0 Å². The molecule has 0 aromatic heterocycles. The Morgan fingerprint density at radius 1 is 1.11 bits per heavy atom. The third-order valence-corrected chi connectivity index (χ3v) is 6.68. The number of benzene rings is 1. The van der Waals surface area contributed by atoms with Gasteiger partial charge in [-0.3, -0.25) is 9.59 Å². The van der Waals surface area contributed by atoms with E-state index in [0.29, 0.717) is 38.8 Å². The number of amides is 2. The Kier molecular flexibility index (Phi) is 5.04. The molecule has 2 amide bonds. The molecule has 0 radical (unpaired) electrons. The van der Waals surface area contributed by atoms with Crippen molar-refractivity contribution in [2.45, 2.75) is 69.1 Å². The maximum atomic E-state index is 13.6. The van der Waals surface area contributed by atoms with Crippen molar-refractivity contribution in [1.82, 2.24) is 9.80 Å². The van der Waals surface area contributed by atoms with Gasteiger partial charge < -0.3 is 20.0 Å². The van der Waals surface area contributed by atoms with Crippen molar-refractivity contribution >= 4 is 11.8 Å². The first kappa shape index (κ1) is 19.2. The number of hydrogen-bond acceptors (Lipinski definition) is 4. The van der Waals surface area contributed by atoms with Gasteiger partial charge in [0.2, 0.25) is 5.91 Å². The van der Waals surface area contributed by atoms with Crippen LogP contribution in [0, 0.1) is 5.82 Å². The molecule has 1 saturated carbocycles.